The summed E-state index contributed by atoms with van der Waals surface area (Å²) in [6.45, 7) is 7.09. The highest BCUT2D eigenvalue weighted by molar-refractivity contribution is 7.92. The molecule has 0 radical (unpaired) electrons. The minimum atomic E-state index is -4.05. The topological polar surface area (TPSA) is 86.8 Å². The van der Waals surface area contributed by atoms with E-state index in [-0.39, 0.29) is 23.4 Å². The molecule has 0 aromatic heterocycles. The summed E-state index contributed by atoms with van der Waals surface area (Å²) in [5.41, 5.74) is 2.27. The van der Waals surface area contributed by atoms with E-state index in [0.29, 0.717) is 5.69 Å². The fourth-order valence-electron chi connectivity index (χ4n) is 3.91. The van der Waals surface area contributed by atoms with Crippen LogP contribution in [0.2, 0.25) is 0 Å². The summed E-state index contributed by atoms with van der Waals surface area (Å²) >= 11 is 0. The average Bonchev–Trinajstić information content (AvgIpc) is 2.90. The van der Waals surface area contributed by atoms with E-state index in [0.717, 1.165) is 21.9 Å². The summed E-state index contributed by atoms with van der Waals surface area (Å²) in [4.78, 5) is 28.2. The second-order valence-electron chi connectivity index (χ2n) is 9.19. The van der Waals surface area contributed by atoms with Crippen molar-refractivity contribution in [2.75, 3.05) is 10.8 Å². The molecule has 0 bridgehead atoms. The Morgan fingerprint density at radius 1 is 0.811 bits per heavy atom. The number of amides is 2. The lowest BCUT2D eigenvalue weighted by Crippen LogP contribution is -2.52. The first-order valence-electron chi connectivity index (χ1n) is 12.4. The largest absolute Gasteiger partial charge is 0.352 e. The van der Waals surface area contributed by atoms with Gasteiger partial charge in [-0.25, -0.2) is 8.42 Å². The number of sulfonamides is 1. The molecule has 196 valence electrons. The van der Waals surface area contributed by atoms with Gasteiger partial charge in [0, 0.05) is 12.6 Å². The second-order valence-corrected chi connectivity index (χ2v) is 11.1. The zero-order valence-corrected chi connectivity index (χ0v) is 22.6. The molecule has 2 amide bonds. The van der Waals surface area contributed by atoms with Gasteiger partial charge in [-0.2, -0.15) is 0 Å². The molecule has 0 fully saturated rings. The van der Waals surface area contributed by atoms with Gasteiger partial charge in [0.1, 0.15) is 12.6 Å². The number of hydrogen-bond donors (Lipinski definition) is 1. The zero-order valence-electron chi connectivity index (χ0n) is 21.8. The standard InChI is InChI=1S/C29H35N3O4S/c1-5-24-16-18-26(19-17-24)32(37(35,36)27-14-10-7-11-15-27)21-28(33)31(20-25-12-8-6-9-13-25)23(4)29(34)30-22(2)3/h6-19,22-23H,5,20-21H2,1-4H3,(H,30,34). The lowest BCUT2D eigenvalue weighted by Gasteiger charge is -2.32. The first kappa shape index (κ1) is 27.9. The molecule has 0 heterocycles. The van der Waals surface area contributed by atoms with Crippen LogP contribution in [-0.2, 0) is 32.6 Å². The molecule has 1 N–H and O–H groups in total. The van der Waals surface area contributed by atoms with Gasteiger partial charge in [-0.3, -0.25) is 13.9 Å². The van der Waals surface area contributed by atoms with Crippen LogP contribution in [0.1, 0.15) is 38.8 Å². The highest BCUT2D eigenvalue weighted by atomic mass is 32.2. The lowest BCUT2D eigenvalue weighted by atomic mass is 10.1. The van der Waals surface area contributed by atoms with Gasteiger partial charge in [0.05, 0.1) is 10.6 Å². The van der Waals surface area contributed by atoms with Crippen molar-refractivity contribution < 1.29 is 18.0 Å². The Kier molecular flexibility index (Phi) is 9.47. The molecule has 7 nitrogen and oxygen atoms in total. The van der Waals surface area contributed by atoms with E-state index in [1.165, 1.54) is 17.0 Å². The number of nitrogens with zero attached hydrogens (tertiary/aromatic N) is 2. The van der Waals surface area contributed by atoms with E-state index in [1.807, 2.05) is 63.2 Å². The maximum absolute atomic E-state index is 13.8. The number of anilines is 1. The van der Waals surface area contributed by atoms with Crippen molar-refractivity contribution in [1.82, 2.24) is 10.2 Å². The SMILES string of the molecule is CCc1ccc(N(CC(=O)N(Cc2ccccc2)C(C)C(=O)NC(C)C)S(=O)(=O)c2ccccc2)cc1. The van der Waals surface area contributed by atoms with E-state index >= 15 is 0 Å². The number of carbonyl (C=O) groups is 2. The smallest absolute Gasteiger partial charge is 0.264 e. The Hall–Kier alpha value is -3.65. The lowest BCUT2D eigenvalue weighted by molar-refractivity contribution is -0.139. The van der Waals surface area contributed by atoms with E-state index in [4.69, 9.17) is 0 Å². The molecule has 3 aromatic rings. The van der Waals surface area contributed by atoms with Crippen LogP contribution in [0.4, 0.5) is 5.69 Å². The maximum Gasteiger partial charge on any atom is 0.264 e. The first-order chi connectivity index (χ1) is 17.6. The summed E-state index contributed by atoms with van der Waals surface area (Å²) in [5, 5.41) is 2.85. The molecule has 3 rings (SSSR count). The van der Waals surface area contributed by atoms with Gasteiger partial charge in [0.2, 0.25) is 11.8 Å². The summed E-state index contributed by atoms with van der Waals surface area (Å²) in [6, 6.07) is 23.6. The Labute approximate surface area is 220 Å². The highest BCUT2D eigenvalue weighted by Gasteiger charge is 2.32. The molecule has 8 heteroatoms. The minimum absolute atomic E-state index is 0.0857. The Morgan fingerprint density at radius 2 is 1.38 bits per heavy atom. The number of benzene rings is 3. The van der Waals surface area contributed by atoms with Crippen LogP contribution in [0.15, 0.2) is 89.8 Å². The third-order valence-corrected chi connectivity index (χ3v) is 7.82. The van der Waals surface area contributed by atoms with Crippen molar-refractivity contribution in [2.24, 2.45) is 0 Å². The summed E-state index contributed by atoms with van der Waals surface area (Å²) in [6.07, 6.45) is 0.804. The zero-order chi connectivity index (χ0) is 27.0. The first-order valence-corrected chi connectivity index (χ1v) is 13.9. The van der Waals surface area contributed by atoms with Crippen LogP contribution in [0.25, 0.3) is 0 Å². The molecule has 1 unspecified atom stereocenters. The molecule has 0 aliphatic carbocycles. The van der Waals surface area contributed by atoms with Crippen LogP contribution in [0.5, 0.6) is 0 Å². The molecule has 0 aliphatic heterocycles. The van der Waals surface area contributed by atoms with Crippen molar-refractivity contribution in [1.29, 1.82) is 0 Å². The minimum Gasteiger partial charge on any atom is -0.352 e. The van der Waals surface area contributed by atoms with E-state index in [2.05, 4.69) is 5.32 Å². The van der Waals surface area contributed by atoms with Gasteiger partial charge in [-0.1, -0.05) is 67.6 Å². The van der Waals surface area contributed by atoms with Gasteiger partial charge >= 0.3 is 0 Å². The fourth-order valence-corrected chi connectivity index (χ4v) is 5.35. The molecule has 0 saturated carbocycles. The molecule has 0 saturated heterocycles. The number of carbonyl (C=O) groups excluding carboxylic acids is 2. The number of hydrogen-bond acceptors (Lipinski definition) is 4. The van der Waals surface area contributed by atoms with E-state index in [1.54, 1.807) is 37.3 Å². The van der Waals surface area contributed by atoms with Crippen LogP contribution in [0, 0.1) is 0 Å². The normalized spacial score (nSPS) is 12.1. The third kappa shape index (κ3) is 7.20. The molecular weight excluding hydrogens is 486 g/mol. The predicted octanol–water partition coefficient (Wildman–Crippen LogP) is 4.39. The molecule has 3 aromatic carbocycles. The summed E-state index contributed by atoms with van der Waals surface area (Å²) in [5.74, 6) is -0.779. The number of aryl methyl sites for hydroxylation is 1. The van der Waals surface area contributed by atoms with Gasteiger partial charge in [-0.15, -0.1) is 0 Å². The monoisotopic (exact) mass is 521 g/mol. The molecular formula is C29H35N3O4S. The van der Waals surface area contributed by atoms with Gasteiger partial charge in [0.25, 0.3) is 10.0 Å². The number of nitrogens with one attached hydrogen (secondary N) is 1. The Morgan fingerprint density at radius 3 is 1.92 bits per heavy atom. The van der Waals surface area contributed by atoms with Crippen LogP contribution in [0.3, 0.4) is 0 Å². The van der Waals surface area contributed by atoms with Crippen molar-refractivity contribution in [3.05, 3.63) is 96.1 Å². The highest BCUT2D eigenvalue weighted by Crippen LogP contribution is 2.25. The summed E-state index contributed by atoms with van der Waals surface area (Å²) < 4.78 is 28.6. The molecule has 1 atom stereocenters. The van der Waals surface area contributed by atoms with E-state index in [9.17, 15) is 18.0 Å². The molecule has 0 spiro atoms. The van der Waals surface area contributed by atoms with Gasteiger partial charge < -0.3 is 10.2 Å². The van der Waals surface area contributed by atoms with Gasteiger partial charge in [0.15, 0.2) is 0 Å². The third-order valence-electron chi connectivity index (χ3n) is 6.04. The van der Waals surface area contributed by atoms with Crippen molar-refractivity contribution in [2.45, 2.75) is 57.6 Å². The van der Waals surface area contributed by atoms with Crippen LogP contribution in [-0.4, -0.2) is 43.8 Å². The van der Waals surface area contributed by atoms with Crippen molar-refractivity contribution in [3.8, 4) is 0 Å². The fraction of sp³-hybridized carbons (Fsp3) is 0.310. The second kappa shape index (κ2) is 12.5. The average molecular weight is 522 g/mol. The predicted molar refractivity (Wildman–Crippen MR) is 147 cm³/mol. The van der Waals surface area contributed by atoms with Crippen LogP contribution >= 0.6 is 0 Å². The molecule has 37 heavy (non-hydrogen) atoms. The van der Waals surface area contributed by atoms with Crippen molar-refractivity contribution >= 4 is 27.5 Å². The summed E-state index contributed by atoms with van der Waals surface area (Å²) in [7, 11) is -4.05. The Balaban J connectivity index is 2.01. The number of rotatable bonds is 11. The Bertz CT molecular complexity index is 1280. The van der Waals surface area contributed by atoms with Gasteiger partial charge in [-0.05, 0) is 62.6 Å². The quantitative estimate of drug-likeness (QED) is 0.406. The van der Waals surface area contributed by atoms with Crippen LogP contribution < -0.4 is 9.62 Å². The van der Waals surface area contributed by atoms with Crippen molar-refractivity contribution in [3.63, 3.8) is 0 Å². The maximum atomic E-state index is 13.8. The van der Waals surface area contributed by atoms with E-state index < -0.39 is 28.5 Å². The molecule has 0 aliphatic rings.